The molecule has 2 rings (SSSR count). The van der Waals surface area contributed by atoms with E-state index in [1.807, 2.05) is 6.07 Å². The zero-order valence-electron chi connectivity index (χ0n) is 11.1. The van der Waals surface area contributed by atoms with Crippen molar-refractivity contribution in [2.45, 2.75) is 13.0 Å². The van der Waals surface area contributed by atoms with Crippen molar-refractivity contribution in [3.63, 3.8) is 0 Å². The fourth-order valence-corrected chi connectivity index (χ4v) is 2.50. The number of nitrogens with zero attached hydrogens (tertiary/aromatic N) is 2. The van der Waals surface area contributed by atoms with Crippen LogP contribution in [0.15, 0.2) is 24.5 Å². The molecule has 2 N–H and O–H groups in total. The van der Waals surface area contributed by atoms with Crippen LogP contribution in [0.4, 0.5) is 0 Å². The number of aliphatic hydroxyl groups excluding tert-OH is 1. The molecule has 0 aliphatic carbocycles. The van der Waals surface area contributed by atoms with Crippen LogP contribution in [0.1, 0.15) is 26.5 Å². The van der Waals surface area contributed by atoms with Crippen molar-refractivity contribution in [1.29, 1.82) is 0 Å². The van der Waals surface area contributed by atoms with Crippen LogP contribution in [0.3, 0.4) is 0 Å². The first kappa shape index (κ1) is 14.3. The first-order valence-corrected chi connectivity index (χ1v) is 6.95. The Kier molecular flexibility index (Phi) is 4.93. The van der Waals surface area contributed by atoms with Crippen molar-refractivity contribution in [3.05, 3.63) is 39.8 Å². The van der Waals surface area contributed by atoms with Crippen molar-refractivity contribution >= 4 is 17.2 Å². The van der Waals surface area contributed by atoms with Gasteiger partial charge in [0, 0.05) is 31.8 Å². The molecule has 0 aromatic carbocycles. The molecule has 0 aliphatic heterocycles. The highest BCUT2D eigenvalue weighted by molar-refractivity contribution is 7.14. The maximum absolute atomic E-state index is 12.2. The number of thiophene rings is 1. The molecular weight excluding hydrogens is 274 g/mol. The second kappa shape index (κ2) is 6.89. The molecule has 1 amide bonds. The van der Waals surface area contributed by atoms with Crippen LogP contribution in [0.5, 0.6) is 0 Å². The van der Waals surface area contributed by atoms with E-state index >= 15 is 0 Å². The van der Waals surface area contributed by atoms with E-state index in [0.29, 0.717) is 17.8 Å². The molecular formula is C14H15N3O2S. The van der Waals surface area contributed by atoms with Gasteiger partial charge in [0.1, 0.15) is 0 Å². The van der Waals surface area contributed by atoms with E-state index in [-0.39, 0.29) is 12.5 Å². The van der Waals surface area contributed by atoms with Gasteiger partial charge in [0.05, 0.1) is 22.6 Å². The van der Waals surface area contributed by atoms with Gasteiger partial charge >= 0.3 is 0 Å². The summed E-state index contributed by atoms with van der Waals surface area (Å²) >= 11 is 1.36. The molecule has 0 bridgehead atoms. The highest BCUT2D eigenvalue weighted by Gasteiger charge is 2.14. The topological polar surface area (TPSA) is 69.2 Å². The van der Waals surface area contributed by atoms with E-state index < -0.39 is 0 Å². The lowest BCUT2D eigenvalue weighted by molar-refractivity contribution is 0.0790. The minimum atomic E-state index is -0.0357. The van der Waals surface area contributed by atoms with Gasteiger partial charge in [-0.1, -0.05) is 11.8 Å². The molecule has 0 unspecified atom stereocenters. The summed E-state index contributed by atoms with van der Waals surface area (Å²) in [4.78, 5) is 15.4. The largest absolute Gasteiger partial charge is 0.395 e. The summed E-state index contributed by atoms with van der Waals surface area (Å²) in [6.45, 7) is 0.566. The fraction of sp³-hybridized carbons (Fsp3) is 0.286. The summed E-state index contributed by atoms with van der Waals surface area (Å²) in [7, 11) is 1.76. The van der Waals surface area contributed by atoms with Gasteiger partial charge in [0.2, 0.25) is 0 Å². The molecule has 2 aromatic heterocycles. The number of carbonyl (C=O) groups excluding carboxylic acids is 1. The number of aliphatic hydroxyl groups is 1. The smallest absolute Gasteiger partial charge is 0.264 e. The van der Waals surface area contributed by atoms with Crippen molar-refractivity contribution in [2.24, 2.45) is 0 Å². The van der Waals surface area contributed by atoms with Gasteiger partial charge in [0.15, 0.2) is 0 Å². The zero-order chi connectivity index (χ0) is 14.4. The number of amides is 1. The standard InChI is InChI=1S/C14H15N3O2S/c1-17(10-11-8-15-16-9-11)14(19)13-6-5-12(20-13)4-2-3-7-18/h5-6,8-9,18H,3,7,10H2,1H3,(H,15,16). The molecule has 0 atom stereocenters. The number of rotatable bonds is 4. The average Bonchev–Trinajstić information content (AvgIpc) is 3.09. The SMILES string of the molecule is CN(Cc1cn[nH]c1)C(=O)c1ccc(C#CCCO)s1. The van der Waals surface area contributed by atoms with Crippen molar-refractivity contribution < 1.29 is 9.90 Å². The van der Waals surface area contributed by atoms with E-state index in [1.165, 1.54) is 11.3 Å². The molecule has 0 spiro atoms. The van der Waals surface area contributed by atoms with Gasteiger partial charge in [0.25, 0.3) is 5.91 Å². The van der Waals surface area contributed by atoms with Gasteiger partial charge in [-0.2, -0.15) is 5.10 Å². The molecule has 0 saturated carbocycles. The molecule has 6 heteroatoms. The second-order valence-electron chi connectivity index (χ2n) is 4.21. The van der Waals surface area contributed by atoms with Gasteiger partial charge < -0.3 is 10.0 Å². The lowest BCUT2D eigenvalue weighted by Gasteiger charge is -2.14. The van der Waals surface area contributed by atoms with Crippen LogP contribution in [0.2, 0.25) is 0 Å². The predicted octanol–water partition coefficient (Wildman–Crippen LogP) is 1.48. The molecule has 0 fully saturated rings. The average molecular weight is 289 g/mol. The monoisotopic (exact) mass is 289 g/mol. The summed E-state index contributed by atoms with van der Waals surface area (Å²) in [6.07, 6.45) is 3.91. The third-order valence-corrected chi connectivity index (χ3v) is 3.58. The first-order valence-electron chi connectivity index (χ1n) is 6.13. The number of nitrogens with one attached hydrogen (secondary N) is 1. The minimum Gasteiger partial charge on any atom is -0.395 e. The maximum Gasteiger partial charge on any atom is 0.264 e. The summed E-state index contributed by atoms with van der Waals surface area (Å²) in [5, 5.41) is 15.2. The van der Waals surface area contributed by atoms with Crippen LogP contribution in [0, 0.1) is 11.8 Å². The van der Waals surface area contributed by atoms with Gasteiger partial charge in [-0.15, -0.1) is 11.3 Å². The van der Waals surface area contributed by atoms with Crippen LogP contribution in [-0.4, -0.2) is 39.8 Å². The van der Waals surface area contributed by atoms with Gasteiger partial charge in [-0.05, 0) is 12.1 Å². The Labute approximate surface area is 121 Å². The molecule has 2 aromatic rings. The van der Waals surface area contributed by atoms with Crippen LogP contribution < -0.4 is 0 Å². The Hall–Kier alpha value is -2.10. The second-order valence-corrected chi connectivity index (χ2v) is 5.29. The van der Waals surface area contributed by atoms with Crippen LogP contribution in [-0.2, 0) is 6.54 Å². The van der Waals surface area contributed by atoms with Crippen molar-refractivity contribution in [2.75, 3.05) is 13.7 Å². The van der Waals surface area contributed by atoms with E-state index in [0.717, 1.165) is 10.4 Å². The number of aromatic nitrogens is 2. The van der Waals surface area contributed by atoms with Gasteiger partial charge in [-0.25, -0.2) is 0 Å². The number of hydrogen-bond acceptors (Lipinski definition) is 4. The Balaban J connectivity index is 2.00. The number of H-pyrrole nitrogens is 1. The molecule has 0 saturated heterocycles. The Bertz CT molecular complexity index is 622. The Morgan fingerprint density at radius 1 is 1.55 bits per heavy atom. The van der Waals surface area contributed by atoms with Crippen molar-refractivity contribution in [3.8, 4) is 11.8 Å². The third kappa shape index (κ3) is 3.70. The molecule has 5 nitrogen and oxygen atoms in total. The summed E-state index contributed by atoms with van der Waals surface area (Å²) in [5.74, 6) is 5.73. The minimum absolute atomic E-state index is 0.0357. The summed E-state index contributed by atoms with van der Waals surface area (Å²) in [5.41, 5.74) is 0.959. The number of hydrogen-bond donors (Lipinski definition) is 2. The third-order valence-electron chi connectivity index (χ3n) is 2.59. The molecule has 104 valence electrons. The highest BCUT2D eigenvalue weighted by atomic mass is 32.1. The van der Waals surface area contributed by atoms with Gasteiger partial charge in [-0.3, -0.25) is 9.89 Å². The zero-order valence-corrected chi connectivity index (χ0v) is 11.9. The Morgan fingerprint density at radius 2 is 2.40 bits per heavy atom. The van der Waals surface area contributed by atoms with E-state index in [1.54, 1.807) is 30.4 Å². The fourth-order valence-electron chi connectivity index (χ4n) is 1.62. The molecule has 0 radical (unpaired) electrons. The lowest BCUT2D eigenvalue weighted by atomic mass is 10.3. The number of aromatic amines is 1. The first-order chi connectivity index (χ1) is 9.70. The predicted molar refractivity (Wildman–Crippen MR) is 77.3 cm³/mol. The molecule has 0 aliphatic rings. The summed E-state index contributed by atoms with van der Waals surface area (Å²) < 4.78 is 0. The lowest BCUT2D eigenvalue weighted by Crippen LogP contribution is -2.25. The normalized spacial score (nSPS) is 9.90. The highest BCUT2D eigenvalue weighted by Crippen LogP contribution is 2.18. The van der Waals surface area contributed by atoms with E-state index in [9.17, 15) is 4.79 Å². The van der Waals surface area contributed by atoms with Crippen LogP contribution >= 0.6 is 11.3 Å². The molecule has 2 heterocycles. The van der Waals surface area contributed by atoms with Crippen molar-refractivity contribution in [1.82, 2.24) is 15.1 Å². The van der Waals surface area contributed by atoms with E-state index in [4.69, 9.17) is 5.11 Å². The van der Waals surface area contributed by atoms with E-state index in [2.05, 4.69) is 22.0 Å². The molecule has 20 heavy (non-hydrogen) atoms. The number of carbonyl (C=O) groups is 1. The quantitative estimate of drug-likeness (QED) is 0.838. The Morgan fingerprint density at radius 3 is 3.10 bits per heavy atom. The maximum atomic E-state index is 12.2. The summed E-state index contributed by atoms with van der Waals surface area (Å²) in [6, 6.07) is 3.61. The van der Waals surface area contributed by atoms with Crippen LogP contribution in [0.25, 0.3) is 0 Å².